The van der Waals surface area contributed by atoms with E-state index in [2.05, 4.69) is 86.6 Å². The number of benzene rings is 2. The maximum atomic E-state index is 5.81. The van der Waals surface area contributed by atoms with Crippen molar-refractivity contribution in [2.45, 2.75) is 39.8 Å². The summed E-state index contributed by atoms with van der Waals surface area (Å²) in [6.07, 6.45) is 0. The molecule has 0 aliphatic carbocycles. The van der Waals surface area contributed by atoms with Crippen LogP contribution >= 0.6 is 22.2 Å². The summed E-state index contributed by atoms with van der Waals surface area (Å²) in [5, 5.41) is 5.39. The average molecular weight is 463 g/mol. The van der Waals surface area contributed by atoms with Gasteiger partial charge in [0.05, 0.1) is 0 Å². The summed E-state index contributed by atoms with van der Waals surface area (Å²) in [6.45, 7) is 6.62. The Labute approximate surface area is 194 Å². The fourth-order valence-electron chi connectivity index (χ4n) is 2.86. The molecule has 0 heterocycles. The van der Waals surface area contributed by atoms with Gasteiger partial charge in [-0.3, -0.25) is 0 Å². The molecule has 28 heavy (non-hydrogen) atoms. The third kappa shape index (κ3) is 7.89. The fraction of sp³-hybridized carbons (Fsp3) is 0.250. The summed E-state index contributed by atoms with van der Waals surface area (Å²) >= 11 is 11.6. The van der Waals surface area contributed by atoms with Crippen molar-refractivity contribution in [3.8, 4) is 0 Å². The van der Waals surface area contributed by atoms with Gasteiger partial charge in [0.15, 0.2) is 0 Å². The predicted molar refractivity (Wildman–Crippen MR) is 127 cm³/mol. The van der Waals surface area contributed by atoms with Gasteiger partial charge in [0.25, 0.3) is 6.69 Å². The normalized spacial score (nSPS) is 10.5. The van der Waals surface area contributed by atoms with Gasteiger partial charge in [0, 0.05) is 0 Å². The van der Waals surface area contributed by atoms with Crippen molar-refractivity contribution in [2.75, 3.05) is 0 Å². The summed E-state index contributed by atoms with van der Waals surface area (Å²) in [7, 11) is 0. The van der Waals surface area contributed by atoms with E-state index in [9.17, 15) is 0 Å². The van der Waals surface area contributed by atoms with Gasteiger partial charge >= 0.3 is 21.7 Å². The zero-order valence-electron chi connectivity index (χ0n) is 17.1. The minimum absolute atomic E-state index is 0. The molecule has 0 fully saturated rings. The van der Waals surface area contributed by atoms with Crippen molar-refractivity contribution < 1.29 is 21.7 Å². The molecule has 0 bridgehead atoms. The molecule has 0 saturated heterocycles. The Morgan fingerprint density at radius 3 is 1.36 bits per heavy atom. The Bertz CT molecular complexity index is 825. The Hall–Kier alpha value is -0.829. The molecule has 4 aromatic rings. The van der Waals surface area contributed by atoms with E-state index in [0.717, 1.165) is 12.1 Å². The molecule has 0 N–H and O–H groups in total. The molecule has 0 radical (unpaired) electrons. The molecule has 4 heteroatoms. The Kier molecular flexibility index (Phi) is 10.8. The van der Waals surface area contributed by atoms with Gasteiger partial charge < -0.3 is 0 Å². The van der Waals surface area contributed by atoms with E-state index < -0.39 is 6.69 Å². The van der Waals surface area contributed by atoms with Crippen LogP contribution in [0.2, 0.25) is 12.1 Å². The second-order valence-electron chi connectivity index (χ2n) is 6.89. The van der Waals surface area contributed by atoms with Crippen molar-refractivity contribution >= 4 is 50.4 Å². The molecule has 0 atom stereocenters. The van der Waals surface area contributed by atoms with Crippen LogP contribution in [-0.4, -0.2) is 6.69 Å². The summed E-state index contributed by atoms with van der Waals surface area (Å²) in [4.78, 5) is 0. The van der Waals surface area contributed by atoms with Crippen molar-refractivity contribution in [1.82, 2.24) is 0 Å². The van der Waals surface area contributed by atoms with Crippen molar-refractivity contribution in [3.63, 3.8) is 0 Å². The molecule has 146 valence electrons. The minimum atomic E-state index is -1.71. The van der Waals surface area contributed by atoms with Crippen LogP contribution in [0.15, 0.2) is 72.8 Å². The summed E-state index contributed by atoms with van der Waals surface area (Å²) < 4.78 is 0. The van der Waals surface area contributed by atoms with Gasteiger partial charge in [-0.1, -0.05) is 39.8 Å². The standard InChI is InChI=1S/2C10H9.C4H10Cl2Si.Ti/c2*1-8-6-9-4-2-3-5-10(9)7-8;1-3-7(5,6)4-2;/h2*2-7H,1H3;3-4H2,1-2H3;/q2*-1;;+2. The first-order chi connectivity index (χ1) is 12.8. The van der Waals surface area contributed by atoms with E-state index in [4.69, 9.17) is 22.2 Å². The van der Waals surface area contributed by atoms with E-state index in [-0.39, 0.29) is 21.7 Å². The van der Waals surface area contributed by atoms with Gasteiger partial charge in [0.1, 0.15) is 0 Å². The van der Waals surface area contributed by atoms with E-state index in [1.165, 1.54) is 32.7 Å². The average Bonchev–Trinajstić information content (AvgIpc) is 3.23. The van der Waals surface area contributed by atoms with Crippen LogP contribution in [0.1, 0.15) is 25.0 Å². The van der Waals surface area contributed by atoms with Crippen LogP contribution in [-0.2, 0) is 21.7 Å². The summed E-state index contributed by atoms with van der Waals surface area (Å²) in [5.41, 5.74) is 2.70. The Balaban J connectivity index is 0.000000211. The first-order valence-corrected chi connectivity index (χ1v) is 13.9. The Morgan fingerprint density at radius 1 is 0.714 bits per heavy atom. The van der Waals surface area contributed by atoms with Crippen molar-refractivity contribution in [2.24, 2.45) is 0 Å². The van der Waals surface area contributed by atoms with E-state index >= 15 is 0 Å². The topological polar surface area (TPSA) is 0 Å². The molecule has 0 amide bonds. The van der Waals surface area contributed by atoms with Crippen molar-refractivity contribution in [3.05, 3.63) is 83.9 Å². The number of hydrogen-bond acceptors (Lipinski definition) is 0. The third-order valence-electron chi connectivity index (χ3n) is 4.56. The smallest absolute Gasteiger partial charge is 0.165 e. The number of fused-ring (bicyclic) bond motifs is 2. The molecule has 0 aromatic heterocycles. The molecular weight excluding hydrogens is 435 g/mol. The predicted octanol–water partition coefficient (Wildman–Crippen LogP) is 8.68. The maximum absolute atomic E-state index is 5.81. The largest absolute Gasteiger partial charge is 2.00 e. The number of rotatable bonds is 2. The van der Waals surface area contributed by atoms with Gasteiger partial charge in [-0.2, -0.15) is 12.1 Å². The van der Waals surface area contributed by atoms with Crippen LogP contribution in [0, 0.1) is 13.8 Å². The van der Waals surface area contributed by atoms with Crippen LogP contribution < -0.4 is 0 Å². The number of aryl methyl sites for hydroxylation is 2. The monoisotopic (exact) mass is 462 g/mol. The van der Waals surface area contributed by atoms with Crippen LogP contribution in [0.5, 0.6) is 0 Å². The van der Waals surface area contributed by atoms with Crippen LogP contribution in [0.3, 0.4) is 0 Å². The fourth-order valence-corrected chi connectivity index (χ4v) is 3.36. The van der Waals surface area contributed by atoms with Crippen LogP contribution in [0.4, 0.5) is 0 Å². The molecule has 0 saturated carbocycles. The molecule has 0 aliphatic heterocycles. The Morgan fingerprint density at radius 2 is 1.07 bits per heavy atom. The molecular formula is C24H28Cl2SiTi. The molecule has 4 aromatic carbocycles. The number of hydrogen-bond donors (Lipinski definition) is 0. The molecule has 0 spiro atoms. The molecule has 0 aliphatic rings. The second-order valence-corrected chi connectivity index (χ2v) is 14.9. The molecule has 4 rings (SSSR count). The minimum Gasteiger partial charge on any atom is -0.165 e. The number of halogens is 2. The first-order valence-electron chi connectivity index (χ1n) is 9.46. The van der Waals surface area contributed by atoms with E-state index in [1.807, 2.05) is 13.8 Å². The quantitative estimate of drug-likeness (QED) is 0.159. The van der Waals surface area contributed by atoms with E-state index in [1.54, 1.807) is 0 Å². The summed E-state index contributed by atoms with van der Waals surface area (Å²) in [5.74, 6) is 0. The third-order valence-corrected chi connectivity index (χ3v) is 9.84. The van der Waals surface area contributed by atoms with Gasteiger partial charge in [0.2, 0.25) is 0 Å². The second kappa shape index (κ2) is 12.0. The van der Waals surface area contributed by atoms with Gasteiger partial charge in [-0.05, 0) is 12.1 Å². The zero-order chi connectivity index (χ0) is 19.9. The van der Waals surface area contributed by atoms with Crippen LogP contribution in [0.25, 0.3) is 21.5 Å². The zero-order valence-corrected chi connectivity index (χ0v) is 21.2. The molecule has 0 unspecified atom stereocenters. The molecule has 0 nitrogen and oxygen atoms in total. The van der Waals surface area contributed by atoms with E-state index in [0.29, 0.717) is 0 Å². The first kappa shape index (κ1) is 25.2. The SMILES string of the molecule is CC[Si](Cl)(Cl)CC.Cc1cc2ccccc2[cH-]1.Cc1cc2ccccc2[cH-]1.[Ti+2]. The van der Waals surface area contributed by atoms with Crippen molar-refractivity contribution in [1.29, 1.82) is 0 Å². The summed E-state index contributed by atoms with van der Waals surface area (Å²) in [6, 6.07) is 27.6. The van der Waals surface area contributed by atoms with Gasteiger partial charge in [-0.25, -0.2) is 0 Å². The maximum Gasteiger partial charge on any atom is 2.00 e. The van der Waals surface area contributed by atoms with Gasteiger partial charge in [-0.15, -0.1) is 103 Å².